The Balaban J connectivity index is 1.35. The van der Waals surface area contributed by atoms with Crippen LogP contribution in [0.1, 0.15) is 46.8 Å². The molecule has 1 aliphatic heterocycles. The van der Waals surface area contributed by atoms with Crippen LogP contribution in [0.2, 0.25) is 0 Å². The molecule has 25 heavy (non-hydrogen) atoms. The van der Waals surface area contributed by atoms with E-state index in [1.54, 1.807) is 0 Å². The number of benzene rings is 1. The lowest BCUT2D eigenvalue weighted by molar-refractivity contribution is -0.132. The molecule has 0 bridgehead atoms. The molecule has 4 nitrogen and oxygen atoms in total. The van der Waals surface area contributed by atoms with Crippen LogP contribution in [0.3, 0.4) is 0 Å². The van der Waals surface area contributed by atoms with Crippen LogP contribution >= 0.6 is 11.3 Å². The smallest absolute Gasteiger partial charge is 0.261 e. The van der Waals surface area contributed by atoms with Crippen LogP contribution in [-0.4, -0.2) is 36.3 Å². The van der Waals surface area contributed by atoms with Gasteiger partial charge in [-0.3, -0.25) is 9.59 Å². The molecule has 1 saturated heterocycles. The highest BCUT2D eigenvalue weighted by Crippen LogP contribution is 2.27. The standard InChI is InChI=1S/C20H24N2O2S/c23-19(9-4-12-21-20(24)18-8-5-15-25-18)22-13-10-17(11-14-22)16-6-2-1-3-7-16/h1-3,5-8,15,17H,4,9-14H2,(H,21,24). The van der Waals surface area contributed by atoms with Crippen molar-refractivity contribution in [3.05, 3.63) is 58.3 Å². The molecule has 1 N–H and O–H groups in total. The second kappa shape index (κ2) is 8.81. The second-order valence-corrected chi connectivity index (χ2v) is 7.35. The molecule has 0 atom stereocenters. The van der Waals surface area contributed by atoms with Crippen LogP contribution < -0.4 is 5.32 Å². The van der Waals surface area contributed by atoms with Crippen LogP contribution in [0, 0.1) is 0 Å². The van der Waals surface area contributed by atoms with Crippen molar-refractivity contribution in [2.24, 2.45) is 0 Å². The number of nitrogens with one attached hydrogen (secondary N) is 1. The number of hydrogen-bond acceptors (Lipinski definition) is 3. The number of piperidine rings is 1. The summed E-state index contributed by atoms with van der Waals surface area (Å²) in [6, 6.07) is 14.2. The number of rotatable bonds is 6. The SMILES string of the molecule is O=C(NCCCC(=O)N1CCC(c2ccccc2)CC1)c1cccs1. The molecular formula is C20H24N2O2S. The molecule has 2 amide bonds. The van der Waals surface area contributed by atoms with Crippen molar-refractivity contribution in [2.75, 3.05) is 19.6 Å². The monoisotopic (exact) mass is 356 g/mol. The van der Waals surface area contributed by atoms with Gasteiger partial charge in [0.1, 0.15) is 0 Å². The topological polar surface area (TPSA) is 49.4 Å². The summed E-state index contributed by atoms with van der Waals surface area (Å²) in [6.07, 6.45) is 3.25. The fourth-order valence-electron chi connectivity index (χ4n) is 3.28. The van der Waals surface area contributed by atoms with E-state index in [2.05, 4.69) is 29.6 Å². The largest absolute Gasteiger partial charge is 0.351 e. The van der Waals surface area contributed by atoms with Gasteiger partial charge in [-0.05, 0) is 42.2 Å². The Hall–Kier alpha value is -2.14. The van der Waals surface area contributed by atoms with E-state index in [4.69, 9.17) is 0 Å². The lowest BCUT2D eigenvalue weighted by Crippen LogP contribution is -2.38. The first-order valence-electron chi connectivity index (χ1n) is 8.88. The Morgan fingerprint density at radius 1 is 1.08 bits per heavy atom. The highest BCUT2D eigenvalue weighted by molar-refractivity contribution is 7.12. The number of nitrogens with zero attached hydrogens (tertiary/aromatic N) is 1. The zero-order valence-corrected chi connectivity index (χ0v) is 15.1. The van der Waals surface area contributed by atoms with Crippen LogP contribution in [0.4, 0.5) is 0 Å². The third kappa shape index (κ3) is 4.92. The summed E-state index contributed by atoms with van der Waals surface area (Å²) < 4.78 is 0. The molecule has 2 heterocycles. The van der Waals surface area contributed by atoms with E-state index in [0.717, 1.165) is 25.9 Å². The normalized spacial score (nSPS) is 15.1. The molecule has 1 aromatic heterocycles. The molecule has 5 heteroatoms. The molecule has 132 valence electrons. The summed E-state index contributed by atoms with van der Waals surface area (Å²) in [7, 11) is 0. The maximum absolute atomic E-state index is 12.3. The lowest BCUT2D eigenvalue weighted by Gasteiger charge is -2.32. The number of likely N-dealkylation sites (tertiary alicyclic amines) is 1. The van der Waals surface area contributed by atoms with Crippen molar-refractivity contribution >= 4 is 23.2 Å². The predicted molar refractivity (Wildman–Crippen MR) is 101 cm³/mol. The van der Waals surface area contributed by atoms with Gasteiger partial charge in [-0.1, -0.05) is 36.4 Å². The Labute approximate surface area is 152 Å². The minimum Gasteiger partial charge on any atom is -0.351 e. The van der Waals surface area contributed by atoms with Crippen molar-refractivity contribution in [3.63, 3.8) is 0 Å². The third-order valence-electron chi connectivity index (χ3n) is 4.72. The van der Waals surface area contributed by atoms with Crippen molar-refractivity contribution < 1.29 is 9.59 Å². The van der Waals surface area contributed by atoms with Crippen molar-refractivity contribution in [1.82, 2.24) is 10.2 Å². The van der Waals surface area contributed by atoms with E-state index in [0.29, 0.717) is 30.2 Å². The van der Waals surface area contributed by atoms with Gasteiger partial charge in [0, 0.05) is 26.1 Å². The molecule has 1 aromatic carbocycles. The van der Waals surface area contributed by atoms with E-state index in [9.17, 15) is 9.59 Å². The average Bonchev–Trinajstić information content (AvgIpc) is 3.21. The van der Waals surface area contributed by atoms with Crippen molar-refractivity contribution in [1.29, 1.82) is 0 Å². The summed E-state index contributed by atoms with van der Waals surface area (Å²) in [5, 5.41) is 4.76. The molecule has 0 saturated carbocycles. The van der Waals surface area contributed by atoms with Crippen molar-refractivity contribution in [3.8, 4) is 0 Å². The van der Waals surface area contributed by atoms with Gasteiger partial charge in [-0.2, -0.15) is 0 Å². The van der Waals surface area contributed by atoms with Crippen LogP contribution in [0.5, 0.6) is 0 Å². The second-order valence-electron chi connectivity index (χ2n) is 6.40. The van der Waals surface area contributed by atoms with Gasteiger partial charge in [0.15, 0.2) is 0 Å². The van der Waals surface area contributed by atoms with Crippen LogP contribution in [0.15, 0.2) is 47.8 Å². The molecular weight excluding hydrogens is 332 g/mol. The summed E-state index contributed by atoms with van der Waals surface area (Å²) in [5.41, 5.74) is 1.38. The first kappa shape index (κ1) is 17.7. The first-order chi connectivity index (χ1) is 12.2. The van der Waals surface area contributed by atoms with E-state index < -0.39 is 0 Å². The van der Waals surface area contributed by atoms with Gasteiger partial charge in [-0.15, -0.1) is 11.3 Å². The third-order valence-corrected chi connectivity index (χ3v) is 5.59. The van der Waals surface area contributed by atoms with Crippen LogP contribution in [0.25, 0.3) is 0 Å². The number of amides is 2. The molecule has 3 rings (SSSR count). The highest BCUT2D eigenvalue weighted by atomic mass is 32.1. The maximum Gasteiger partial charge on any atom is 0.261 e. The zero-order valence-electron chi connectivity index (χ0n) is 14.3. The highest BCUT2D eigenvalue weighted by Gasteiger charge is 2.23. The van der Waals surface area contributed by atoms with E-state index in [1.807, 2.05) is 28.5 Å². The Morgan fingerprint density at radius 3 is 2.52 bits per heavy atom. The summed E-state index contributed by atoms with van der Waals surface area (Å²) in [5.74, 6) is 0.721. The molecule has 0 aliphatic carbocycles. The predicted octanol–water partition coefficient (Wildman–Crippen LogP) is 3.66. The number of thiophene rings is 1. The van der Waals surface area contributed by atoms with Gasteiger partial charge in [-0.25, -0.2) is 0 Å². The molecule has 2 aromatic rings. The maximum atomic E-state index is 12.3. The quantitative estimate of drug-likeness (QED) is 0.803. The van der Waals surface area contributed by atoms with Crippen molar-refractivity contribution in [2.45, 2.75) is 31.6 Å². The Kier molecular flexibility index (Phi) is 6.23. The summed E-state index contributed by atoms with van der Waals surface area (Å²) in [4.78, 5) is 26.8. The lowest BCUT2D eigenvalue weighted by atomic mass is 9.89. The van der Waals surface area contributed by atoms with Gasteiger partial charge in [0.25, 0.3) is 5.91 Å². The number of carbonyl (C=O) groups is 2. The van der Waals surface area contributed by atoms with E-state index in [-0.39, 0.29) is 11.8 Å². The molecule has 0 radical (unpaired) electrons. The Bertz CT molecular complexity index is 677. The van der Waals surface area contributed by atoms with Gasteiger partial charge < -0.3 is 10.2 Å². The molecule has 1 fully saturated rings. The van der Waals surface area contributed by atoms with E-state index in [1.165, 1.54) is 16.9 Å². The number of carbonyl (C=O) groups excluding carboxylic acids is 2. The zero-order chi connectivity index (χ0) is 17.5. The Morgan fingerprint density at radius 2 is 1.84 bits per heavy atom. The molecule has 0 spiro atoms. The fraction of sp³-hybridized carbons (Fsp3) is 0.400. The number of hydrogen-bond donors (Lipinski definition) is 1. The van der Waals surface area contributed by atoms with Gasteiger partial charge in [0.2, 0.25) is 5.91 Å². The summed E-state index contributed by atoms with van der Waals surface area (Å²) >= 11 is 1.43. The summed E-state index contributed by atoms with van der Waals surface area (Å²) in [6.45, 7) is 2.21. The average molecular weight is 356 g/mol. The molecule has 1 aliphatic rings. The van der Waals surface area contributed by atoms with Crippen LogP contribution in [-0.2, 0) is 4.79 Å². The van der Waals surface area contributed by atoms with Gasteiger partial charge in [0.05, 0.1) is 4.88 Å². The minimum atomic E-state index is -0.0499. The molecule has 0 unspecified atom stereocenters. The van der Waals surface area contributed by atoms with Gasteiger partial charge >= 0.3 is 0 Å². The first-order valence-corrected chi connectivity index (χ1v) is 9.76. The van der Waals surface area contributed by atoms with E-state index >= 15 is 0 Å². The fourth-order valence-corrected chi connectivity index (χ4v) is 3.92. The minimum absolute atomic E-state index is 0.0499.